The summed E-state index contributed by atoms with van der Waals surface area (Å²) in [5, 5.41) is 12.1. The molecule has 5 amide bonds. The Hall–Kier alpha value is -5.43. The van der Waals surface area contributed by atoms with Crippen molar-refractivity contribution in [2.45, 2.75) is 82.1 Å². The number of ether oxygens (including phenoxy) is 2. The smallest absolute Gasteiger partial charge is 0.381 e. The van der Waals surface area contributed by atoms with Gasteiger partial charge < -0.3 is 40.5 Å². The van der Waals surface area contributed by atoms with E-state index >= 15 is 0 Å². The Balaban J connectivity index is 0.764. The van der Waals surface area contributed by atoms with Gasteiger partial charge in [0.15, 0.2) is 0 Å². The lowest BCUT2D eigenvalue weighted by Gasteiger charge is -2.28. The third-order valence-corrected chi connectivity index (χ3v) is 11.5. The first-order chi connectivity index (χ1) is 29.4. The molecule has 0 unspecified atom stereocenters. The van der Waals surface area contributed by atoms with Gasteiger partial charge in [0.25, 0.3) is 0 Å². The lowest BCUT2D eigenvalue weighted by molar-refractivity contribution is -0.137. The highest BCUT2D eigenvalue weighted by atomic mass is 19.4. The van der Waals surface area contributed by atoms with E-state index in [1.807, 2.05) is 6.07 Å². The average Bonchev–Trinajstić information content (AvgIpc) is 3.75. The van der Waals surface area contributed by atoms with Crippen LogP contribution in [0.2, 0.25) is 0 Å². The van der Waals surface area contributed by atoms with Crippen LogP contribution < -0.4 is 21.3 Å². The minimum Gasteiger partial charge on any atom is -0.381 e. The van der Waals surface area contributed by atoms with Crippen LogP contribution in [0.3, 0.4) is 0 Å². The summed E-state index contributed by atoms with van der Waals surface area (Å²) in [7, 11) is 1.71. The van der Waals surface area contributed by atoms with Gasteiger partial charge in [-0.05, 0) is 74.8 Å². The highest BCUT2D eigenvalue weighted by Gasteiger charge is 2.42. The number of fused-ring (bicyclic) bond motifs is 1. The van der Waals surface area contributed by atoms with Crippen molar-refractivity contribution in [3.8, 4) is 0 Å². The van der Waals surface area contributed by atoms with Gasteiger partial charge in [0.1, 0.15) is 18.2 Å². The number of likely N-dealkylation sites (tertiary alicyclic amines) is 2. The van der Waals surface area contributed by atoms with Crippen molar-refractivity contribution in [3.63, 3.8) is 0 Å². The monoisotopic (exact) mass is 853 g/mol. The van der Waals surface area contributed by atoms with Gasteiger partial charge in [-0.3, -0.25) is 29.0 Å². The number of amides is 5. The fraction of sp³-hybridized carbons (Fsp3) is 0.571. The zero-order valence-electron chi connectivity index (χ0n) is 34.3. The largest absolute Gasteiger partial charge is 0.416 e. The van der Waals surface area contributed by atoms with E-state index in [0.29, 0.717) is 89.9 Å². The zero-order valence-corrected chi connectivity index (χ0v) is 34.3. The third kappa shape index (κ3) is 12.3. The molecule has 1 aliphatic carbocycles. The van der Waals surface area contributed by atoms with Crippen LogP contribution in [-0.2, 0) is 39.6 Å². The lowest BCUT2D eigenvalue weighted by Crippen LogP contribution is -2.43. The van der Waals surface area contributed by atoms with Gasteiger partial charge >= 0.3 is 6.18 Å². The summed E-state index contributed by atoms with van der Waals surface area (Å²) in [5.41, 5.74) is 0.331. The standard InChI is InChI=1S/C42H54F3N9O7/c1-53-36(56)24-32(37(53)28-5-2-14-46-25-28)40(58)47-15-3-19-60-20-4-21-61-22-13-35(55)51-30-9-6-27(7-10-30)39(57)48-16-18-54-17-12-34(41(54)59)52-38-31-23-29(42(43,44)45)8-11-33(31)49-26-50-38/h2,5,8,11,14,23,25-27,30,32,34,37H,3-4,6-7,9-10,12-13,15-22,24H2,1H3,(H,47,58)(H,48,57)(H,51,55)(H,49,50,52)/t27-,30+,32-,34-,37+/m0/s1. The third-order valence-electron chi connectivity index (χ3n) is 11.5. The topological polar surface area (TPSA) is 197 Å². The first-order valence-electron chi connectivity index (χ1n) is 20.9. The predicted molar refractivity (Wildman–Crippen MR) is 216 cm³/mol. The molecule has 4 N–H and O–H groups in total. The number of halogens is 3. The minimum absolute atomic E-state index is 0.0157. The molecule has 16 nitrogen and oxygen atoms in total. The second kappa shape index (κ2) is 21.4. The summed E-state index contributed by atoms with van der Waals surface area (Å²) < 4.78 is 51.2. The second-order valence-corrected chi connectivity index (χ2v) is 15.7. The summed E-state index contributed by atoms with van der Waals surface area (Å²) in [6, 6.07) is 5.85. The normalized spacial score (nSPS) is 21.8. The highest BCUT2D eigenvalue weighted by Crippen LogP contribution is 2.37. The van der Waals surface area contributed by atoms with Gasteiger partial charge in [0.2, 0.25) is 29.5 Å². The van der Waals surface area contributed by atoms with E-state index in [9.17, 15) is 37.1 Å². The number of benzene rings is 1. The van der Waals surface area contributed by atoms with Crippen LogP contribution in [0.4, 0.5) is 19.0 Å². The number of hydrogen-bond donors (Lipinski definition) is 4. The van der Waals surface area contributed by atoms with E-state index in [0.717, 1.165) is 17.7 Å². The van der Waals surface area contributed by atoms with E-state index in [1.54, 1.807) is 35.3 Å². The molecule has 3 atom stereocenters. The fourth-order valence-electron chi connectivity index (χ4n) is 8.13. The number of nitrogens with one attached hydrogen (secondary N) is 4. The molecule has 1 saturated carbocycles. The van der Waals surface area contributed by atoms with Crippen molar-refractivity contribution >= 4 is 46.3 Å². The maximum Gasteiger partial charge on any atom is 0.416 e. The molecule has 1 aromatic carbocycles. The van der Waals surface area contributed by atoms with E-state index < -0.39 is 23.7 Å². The number of carbonyl (C=O) groups is 5. The Bertz CT molecular complexity index is 1980. The molecule has 6 rings (SSSR count). The highest BCUT2D eigenvalue weighted by molar-refractivity contribution is 5.93. The van der Waals surface area contributed by atoms with Gasteiger partial charge in [0, 0.05) is 95.6 Å². The molecule has 2 aliphatic heterocycles. The first kappa shape index (κ1) is 45.1. The molecule has 330 valence electrons. The first-order valence-corrected chi connectivity index (χ1v) is 20.9. The number of aromatic nitrogens is 3. The number of nitrogens with zero attached hydrogens (tertiary/aromatic N) is 5. The average molecular weight is 854 g/mol. The van der Waals surface area contributed by atoms with Crippen LogP contribution in [0.25, 0.3) is 10.9 Å². The van der Waals surface area contributed by atoms with Crippen LogP contribution in [-0.4, -0.2) is 126 Å². The van der Waals surface area contributed by atoms with Crippen LogP contribution in [0.15, 0.2) is 49.1 Å². The number of hydrogen-bond acceptors (Lipinski definition) is 11. The van der Waals surface area contributed by atoms with Crippen LogP contribution in [0.1, 0.15) is 75.0 Å². The summed E-state index contributed by atoms with van der Waals surface area (Å²) in [4.78, 5) is 79.2. The molecule has 61 heavy (non-hydrogen) atoms. The molecule has 19 heteroatoms. The Morgan fingerprint density at radius 3 is 2.41 bits per heavy atom. The van der Waals surface area contributed by atoms with Gasteiger partial charge in [-0.15, -0.1) is 0 Å². The van der Waals surface area contributed by atoms with Crippen molar-refractivity contribution in [1.29, 1.82) is 0 Å². The molecule has 0 radical (unpaired) electrons. The van der Waals surface area contributed by atoms with Crippen molar-refractivity contribution in [1.82, 2.24) is 40.7 Å². The molecular weight excluding hydrogens is 800 g/mol. The van der Waals surface area contributed by atoms with E-state index in [2.05, 4.69) is 36.2 Å². The maximum atomic E-state index is 13.3. The van der Waals surface area contributed by atoms with E-state index in [4.69, 9.17) is 9.47 Å². The number of anilines is 1. The number of carbonyl (C=O) groups excluding carboxylic acids is 5. The lowest BCUT2D eigenvalue weighted by atomic mass is 9.85. The molecule has 3 fully saturated rings. The van der Waals surface area contributed by atoms with E-state index in [-0.39, 0.29) is 84.7 Å². The molecule has 2 aromatic heterocycles. The van der Waals surface area contributed by atoms with Gasteiger partial charge in [0.05, 0.1) is 29.6 Å². The molecule has 4 heterocycles. The van der Waals surface area contributed by atoms with Crippen molar-refractivity contribution < 1.29 is 46.6 Å². The SMILES string of the molecule is CN1C(=O)C[C@H](C(=O)NCCCOCCCOCCC(=O)N[C@H]2CC[C@@H](C(=O)NCCN3CC[C@H](Nc4ncnc5ccc(C(F)(F)F)cc45)C3=O)CC2)[C@H]1c1cccnc1. The Morgan fingerprint density at radius 2 is 1.66 bits per heavy atom. The summed E-state index contributed by atoms with van der Waals surface area (Å²) in [5.74, 6) is -1.15. The molecule has 0 spiro atoms. The summed E-state index contributed by atoms with van der Waals surface area (Å²) in [6.45, 7) is 3.11. The van der Waals surface area contributed by atoms with Crippen LogP contribution >= 0.6 is 0 Å². The Kier molecular flexibility index (Phi) is 15.8. The summed E-state index contributed by atoms with van der Waals surface area (Å²) >= 11 is 0. The summed E-state index contributed by atoms with van der Waals surface area (Å²) in [6.07, 6.45) is 4.77. The minimum atomic E-state index is -4.53. The number of pyridine rings is 1. The van der Waals surface area contributed by atoms with Crippen molar-refractivity contribution in [2.24, 2.45) is 11.8 Å². The number of rotatable bonds is 20. The Morgan fingerprint density at radius 1 is 0.902 bits per heavy atom. The quantitative estimate of drug-likeness (QED) is 0.122. The molecular formula is C42H54F3N9O7. The fourth-order valence-corrected chi connectivity index (χ4v) is 8.13. The predicted octanol–water partition coefficient (Wildman–Crippen LogP) is 3.39. The van der Waals surface area contributed by atoms with Crippen molar-refractivity contribution in [2.75, 3.05) is 65.0 Å². The van der Waals surface area contributed by atoms with Gasteiger partial charge in [-0.2, -0.15) is 13.2 Å². The molecule has 3 aromatic rings. The van der Waals surface area contributed by atoms with E-state index in [1.165, 1.54) is 12.4 Å². The maximum absolute atomic E-state index is 13.3. The van der Waals surface area contributed by atoms with Crippen LogP contribution in [0, 0.1) is 11.8 Å². The number of alkyl halides is 3. The van der Waals surface area contributed by atoms with Crippen molar-refractivity contribution in [3.05, 3.63) is 60.2 Å². The molecule has 2 saturated heterocycles. The van der Waals surface area contributed by atoms with Gasteiger partial charge in [-0.25, -0.2) is 9.97 Å². The van der Waals surface area contributed by atoms with Crippen LogP contribution in [0.5, 0.6) is 0 Å². The second-order valence-electron chi connectivity index (χ2n) is 15.7. The zero-order chi connectivity index (χ0) is 43.4. The Labute approximate surface area is 352 Å². The molecule has 0 bridgehead atoms. The molecule has 3 aliphatic rings. The van der Waals surface area contributed by atoms with Gasteiger partial charge in [-0.1, -0.05) is 6.07 Å².